The van der Waals surface area contributed by atoms with Gasteiger partial charge in [0, 0.05) is 13.1 Å². The minimum Gasteiger partial charge on any atom is -0.479 e. The van der Waals surface area contributed by atoms with Crippen LogP contribution in [0.15, 0.2) is 16.9 Å². The molecule has 0 aliphatic carbocycles. The molecule has 0 unspecified atom stereocenters. The third kappa shape index (κ3) is 2.64. The Hall–Kier alpha value is -3.21. The molecule has 2 aromatic rings. The van der Waals surface area contributed by atoms with Gasteiger partial charge in [-0.05, 0) is 6.07 Å². The SMILES string of the molecule is C#CCOc1cc(-n2c(C#N)c(C#N)n(C)c2=O)c(F)cc1Cl. The van der Waals surface area contributed by atoms with Crippen LogP contribution in [0, 0.1) is 40.8 Å². The summed E-state index contributed by atoms with van der Waals surface area (Å²) in [5.41, 5.74) is -1.48. The zero-order chi connectivity index (χ0) is 17.1. The minimum atomic E-state index is -0.850. The number of hydrogen-bond acceptors (Lipinski definition) is 4. The summed E-state index contributed by atoms with van der Waals surface area (Å²) in [6, 6.07) is 5.56. The van der Waals surface area contributed by atoms with Crippen LogP contribution in [0.1, 0.15) is 11.4 Å². The zero-order valence-corrected chi connectivity index (χ0v) is 12.6. The fourth-order valence-corrected chi connectivity index (χ4v) is 2.19. The molecule has 8 heteroatoms. The van der Waals surface area contributed by atoms with Gasteiger partial charge in [-0.2, -0.15) is 10.5 Å². The number of nitriles is 2. The minimum absolute atomic E-state index is 0.0375. The van der Waals surface area contributed by atoms with Crippen molar-refractivity contribution >= 4 is 11.6 Å². The first-order valence-electron chi connectivity index (χ1n) is 6.13. The van der Waals surface area contributed by atoms with E-state index in [-0.39, 0.29) is 34.5 Å². The molecule has 1 aromatic carbocycles. The molecule has 0 aliphatic heterocycles. The molecular formula is C15H8ClFN4O2. The van der Waals surface area contributed by atoms with Crippen LogP contribution in [0.25, 0.3) is 5.69 Å². The van der Waals surface area contributed by atoms with Crippen molar-refractivity contribution in [2.24, 2.45) is 7.05 Å². The molecular weight excluding hydrogens is 323 g/mol. The van der Waals surface area contributed by atoms with Crippen molar-refractivity contribution in [2.75, 3.05) is 6.61 Å². The molecule has 0 atom stereocenters. The Bertz CT molecular complexity index is 970. The summed E-state index contributed by atoms with van der Waals surface area (Å²) in [5.74, 6) is 1.44. The third-order valence-electron chi connectivity index (χ3n) is 3.03. The molecule has 2 rings (SSSR count). The first-order valence-corrected chi connectivity index (χ1v) is 6.51. The maximum atomic E-state index is 14.2. The van der Waals surface area contributed by atoms with Gasteiger partial charge >= 0.3 is 5.69 Å². The van der Waals surface area contributed by atoms with E-state index in [1.54, 1.807) is 12.1 Å². The summed E-state index contributed by atoms with van der Waals surface area (Å²) >= 11 is 5.86. The van der Waals surface area contributed by atoms with Crippen molar-refractivity contribution < 1.29 is 9.13 Å². The van der Waals surface area contributed by atoms with Gasteiger partial charge in [-0.1, -0.05) is 17.5 Å². The normalized spacial score (nSPS) is 9.74. The van der Waals surface area contributed by atoms with E-state index in [0.29, 0.717) is 0 Å². The standard InChI is InChI=1S/C15H8ClFN4O2/c1-3-4-23-14-6-11(10(17)5-9(14)16)21-13(8-19)12(7-18)20(2)15(21)22/h1,5-6H,4H2,2H3. The molecule has 1 heterocycles. The molecule has 0 aliphatic rings. The topological polar surface area (TPSA) is 83.7 Å². The second-order valence-corrected chi connectivity index (χ2v) is 4.73. The van der Waals surface area contributed by atoms with Crippen LogP contribution in [0.4, 0.5) is 4.39 Å². The van der Waals surface area contributed by atoms with Crippen LogP contribution >= 0.6 is 11.6 Å². The van der Waals surface area contributed by atoms with Gasteiger partial charge in [0.1, 0.15) is 30.3 Å². The lowest BCUT2D eigenvalue weighted by atomic mass is 10.2. The average Bonchev–Trinajstić information content (AvgIpc) is 2.77. The highest BCUT2D eigenvalue weighted by Crippen LogP contribution is 2.30. The maximum Gasteiger partial charge on any atom is 0.334 e. The number of aromatic nitrogens is 2. The lowest BCUT2D eigenvalue weighted by Gasteiger charge is -2.10. The number of benzene rings is 1. The van der Waals surface area contributed by atoms with E-state index in [9.17, 15) is 14.4 Å². The predicted molar refractivity (Wildman–Crippen MR) is 79.7 cm³/mol. The van der Waals surface area contributed by atoms with E-state index in [0.717, 1.165) is 21.3 Å². The molecule has 0 radical (unpaired) electrons. The van der Waals surface area contributed by atoms with Gasteiger partial charge in [0.15, 0.2) is 11.4 Å². The quantitative estimate of drug-likeness (QED) is 0.802. The fraction of sp³-hybridized carbons (Fsp3) is 0.133. The zero-order valence-electron chi connectivity index (χ0n) is 11.8. The van der Waals surface area contributed by atoms with E-state index < -0.39 is 11.5 Å². The second-order valence-electron chi connectivity index (χ2n) is 4.32. The van der Waals surface area contributed by atoms with Gasteiger partial charge in [-0.25, -0.2) is 13.8 Å². The molecule has 114 valence electrons. The largest absolute Gasteiger partial charge is 0.479 e. The number of halogens is 2. The van der Waals surface area contributed by atoms with Gasteiger partial charge < -0.3 is 4.74 Å². The average molecular weight is 331 g/mol. The highest BCUT2D eigenvalue weighted by atomic mass is 35.5. The van der Waals surface area contributed by atoms with Crippen molar-refractivity contribution in [3.63, 3.8) is 0 Å². The summed E-state index contributed by atoms with van der Waals surface area (Å²) in [7, 11) is 1.31. The van der Waals surface area contributed by atoms with E-state index in [1.807, 2.05) is 0 Å². The molecule has 0 spiro atoms. The fourth-order valence-electron chi connectivity index (χ4n) is 1.98. The van der Waals surface area contributed by atoms with Crippen LogP contribution in [0.2, 0.25) is 5.02 Å². The van der Waals surface area contributed by atoms with E-state index in [1.165, 1.54) is 7.05 Å². The molecule has 0 saturated carbocycles. The number of nitrogens with zero attached hydrogens (tertiary/aromatic N) is 4. The first-order chi connectivity index (χ1) is 11.0. The molecule has 0 fully saturated rings. The first kappa shape index (κ1) is 16.2. The lowest BCUT2D eigenvalue weighted by Crippen LogP contribution is -2.22. The van der Waals surface area contributed by atoms with Gasteiger partial charge in [-0.15, -0.1) is 6.42 Å². The molecule has 1 aromatic heterocycles. The third-order valence-corrected chi connectivity index (χ3v) is 3.32. The molecule has 0 amide bonds. The maximum absolute atomic E-state index is 14.2. The Morgan fingerprint density at radius 3 is 2.57 bits per heavy atom. The monoisotopic (exact) mass is 330 g/mol. The van der Waals surface area contributed by atoms with Crippen LogP contribution in [-0.4, -0.2) is 15.7 Å². The van der Waals surface area contributed by atoms with Crippen LogP contribution in [0.3, 0.4) is 0 Å². The number of ether oxygens (including phenoxy) is 1. The van der Waals surface area contributed by atoms with Crippen molar-refractivity contribution in [2.45, 2.75) is 0 Å². The van der Waals surface area contributed by atoms with Crippen LogP contribution in [-0.2, 0) is 7.05 Å². The Balaban J connectivity index is 2.79. The molecule has 0 bridgehead atoms. The second kappa shape index (κ2) is 6.27. The van der Waals surface area contributed by atoms with Gasteiger partial charge in [0.25, 0.3) is 0 Å². The highest BCUT2D eigenvalue weighted by molar-refractivity contribution is 6.32. The van der Waals surface area contributed by atoms with Gasteiger partial charge in [0.05, 0.1) is 10.7 Å². The van der Waals surface area contributed by atoms with Crippen molar-refractivity contribution in [1.82, 2.24) is 9.13 Å². The summed E-state index contributed by atoms with van der Waals surface area (Å²) in [4.78, 5) is 12.2. The number of rotatable bonds is 3. The molecule has 23 heavy (non-hydrogen) atoms. The van der Waals surface area contributed by atoms with E-state index in [4.69, 9.17) is 28.0 Å². The van der Waals surface area contributed by atoms with Crippen LogP contribution < -0.4 is 10.4 Å². The number of imidazole rings is 1. The van der Waals surface area contributed by atoms with Gasteiger partial charge in [-0.3, -0.25) is 4.57 Å². The summed E-state index contributed by atoms with van der Waals surface area (Å²) in [6.07, 6.45) is 5.09. The number of terminal acetylenes is 1. The van der Waals surface area contributed by atoms with Crippen molar-refractivity contribution in [3.8, 4) is 35.9 Å². The molecule has 0 N–H and O–H groups in total. The van der Waals surface area contributed by atoms with Crippen LogP contribution in [0.5, 0.6) is 5.75 Å². The summed E-state index contributed by atoms with van der Waals surface area (Å²) in [5, 5.41) is 18.2. The highest BCUT2D eigenvalue weighted by Gasteiger charge is 2.22. The lowest BCUT2D eigenvalue weighted by molar-refractivity contribution is 0.369. The Morgan fingerprint density at radius 2 is 2.00 bits per heavy atom. The van der Waals surface area contributed by atoms with E-state index in [2.05, 4.69) is 5.92 Å². The molecule has 0 saturated heterocycles. The van der Waals surface area contributed by atoms with Crippen molar-refractivity contribution in [1.29, 1.82) is 10.5 Å². The smallest absolute Gasteiger partial charge is 0.334 e. The van der Waals surface area contributed by atoms with Gasteiger partial charge in [0.2, 0.25) is 0 Å². The molecule has 6 nitrogen and oxygen atoms in total. The summed E-state index contributed by atoms with van der Waals surface area (Å²) in [6.45, 7) is -0.108. The van der Waals surface area contributed by atoms with E-state index >= 15 is 0 Å². The number of hydrogen-bond donors (Lipinski definition) is 0. The Labute approximate surface area is 135 Å². The predicted octanol–water partition coefficient (Wildman–Crippen LogP) is 1.72. The Morgan fingerprint density at radius 1 is 1.35 bits per heavy atom. The van der Waals surface area contributed by atoms with Crippen molar-refractivity contribution in [3.05, 3.63) is 44.8 Å². The summed E-state index contributed by atoms with van der Waals surface area (Å²) < 4.78 is 21.2. The Kier molecular flexibility index (Phi) is 4.41.